The first kappa shape index (κ1) is 7.56. The minimum atomic E-state index is 0.500. The number of rotatable bonds is 0. The molecule has 0 amide bonds. The Balaban J connectivity index is 2.89. The van der Waals surface area contributed by atoms with Gasteiger partial charge in [-0.25, -0.2) is 0 Å². The van der Waals surface area contributed by atoms with Crippen molar-refractivity contribution in [3.63, 3.8) is 0 Å². The summed E-state index contributed by atoms with van der Waals surface area (Å²) in [5.74, 6) is 0. The van der Waals surface area contributed by atoms with Gasteiger partial charge in [-0.15, -0.1) is 0 Å². The van der Waals surface area contributed by atoms with Crippen LogP contribution in [0.3, 0.4) is 0 Å². The molecule has 13 heavy (non-hydrogen) atoms. The molecule has 2 N–H and O–H groups in total. The van der Waals surface area contributed by atoms with Gasteiger partial charge in [0.15, 0.2) is 0 Å². The van der Waals surface area contributed by atoms with Crippen LogP contribution in [0.5, 0.6) is 0 Å². The van der Waals surface area contributed by atoms with E-state index in [2.05, 4.69) is 4.98 Å². The van der Waals surface area contributed by atoms with Crippen LogP contribution in [0.1, 0.15) is 5.56 Å². The molecule has 0 radical (unpaired) electrons. The van der Waals surface area contributed by atoms with Crippen LogP contribution in [0, 0.1) is 11.3 Å². The second kappa shape index (κ2) is 2.76. The van der Waals surface area contributed by atoms with Crippen molar-refractivity contribution >= 4 is 16.6 Å². The Morgan fingerprint density at radius 3 is 2.92 bits per heavy atom. The fourth-order valence-electron chi connectivity index (χ4n) is 1.27. The minimum absolute atomic E-state index is 0.500. The van der Waals surface area contributed by atoms with Crippen molar-refractivity contribution in [2.24, 2.45) is 0 Å². The molecule has 1 heterocycles. The van der Waals surface area contributed by atoms with Gasteiger partial charge < -0.3 is 5.73 Å². The summed E-state index contributed by atoms with van der Waals surface area (Å²) in [6.45, 7) is 0. The van der Waals surface area contributed by atoms with E-state index in [-0.39, 0.29) is 0 Å². The first-order chi connectivity index (χ1) is 6.33. The topological polar surface area (TPSA) is 62.7 Å². The number of nitrogen functional groups attached to an aromatic ring is 1. The summed E-state index contributed by atoms with van der Waals surface area (Å²) >= 11 is 0. The number of pyridine rings is 1. The SMILES string of the molecule is N#Cc1ccc2ncccc2c1N. The second-order valence-electron chi connectivity index (χ2n) is 2.71. The Kier molecular flexibility index (Phi) is 1.60. The van der Waals surface area contributed by atoms with Gasteiger partial charge in [0.1, 0.15) is 6.07 Å². The van der Waals surface area contributed by atoms with Crippen LogP contribution >= 0.6 is 0 Å². The average molecular weight is 169 g/mol. The first-order valence-corrected chi connectivity index (χ1v) is 3.86. The number of nitrogens with two attached hydrogens (primary N) is 1. The Bertz CT molecular complexity index is 497. The zero-order valence-corrected chi connectivity index (χ0v) is 6.86. The largest absolute Gasteiger partial charge is 0.397 e. The van der Waals surface area contributed by atoms with E-state index in [0.717, 1.165) is 10.9 Å². The highest BCUT2D eigenvalue weighted by molar-refractivity contribution is 5.92. The lowest BCUT2D eigenvalue weighted by Gasteiger charge is -2.01. The molecule has 0 bridgehead atoms. The van der Waals surface area contributed by atoms with Gasteiger partial charge in [0.25, 0.3) is 0 Å². The van der Waals surface area contributed by atoms with Crippen molar-refractivity contribution in [3.8, 4) is 6.07 Å². The Morgan fingerprint density at radius 1 is 1.31 bits per heavy atom. The maximum atomic E-state index is 8.73. The molecule has 0 aliphatic rings. The number of nitriles is 1. The molecule has 3 nitrogen and oxygen atoms in total. The third-order valence-corrected chi connectivity index (χ3v) is 1.95. The molecule has 2 aromatic rings. The van der Waals surface area contributed by atoms with Crippen molar-refractivity contribution in [2.75, 3.05) is 5.73 Å². The molecule has 0 atom stereocenters. The van der Waals surface area contributed by atoms with Crippen LogP contribution in [0.15, 0.2) is 30.5 Å². The van der Waals surface area contributed by atoms with E-state index in [4.69, 9.17) is 11.0 Å². The highest BCUT2D eigenvalue weighted by Crippen LogP contribution is 2.21. The van der Waals surface area contributed by atoms with Crippen molar-refractivity contribution in [2.45, 2.75) is 0 Å². The van der Waals surface area contributed by atoms with Gasteiger partial charge in [-0.05, 0) is 24.3 Å². The van der Waals surface area contributed by atoms with E-state index < -0.39 is 0 Å². The van der Waals surface area contributed by atoms with Crippen LogP contribution in [0.25, 0.3) is 10.9 Å². The molecule has 2 rings (SSSR count). The summed E-state index contributed by atoms with van der Waals surface area (Å²) in [5, 5.41) is 9.56. The molecule has 62 valence electrons. The summed E-state index contributed by atoms with van der Waals surface area (Å²) in [4.78, 5) is 4.13. The van der Waals surface area contributed by atoms with Crippen LogP contribution < -0.4 is 5.73 Å². The highest BCUT2D eigenvalue weighted by atomic mass is 14.7. The number of anilines is 1. The molecule has 0 fully saturated rings. The summed E-state index contributed by atoms with van der Waals surface area (Å²) < 4.78 is 0. The molecule has 1 aromatic heterocycles. The monoisotopic (exact) mass is 169 g/mol. The Labute approximate surface area is 75.4 Å². The van der Waals surface area contributed by atoms with Crippen molar-refractivity contribution in [3.05, 3.63) is 36.0 Å². The molecular weight excluding hydrogens is 162 g/mol. The Hall–Kier alpha value is -2.08. The fraction of sp³-hybridized carbons (Fsp3) is 0. The second-order valence-corrected chi connectivity index (χ2v) is 2.71. The molecule has 0 unspecified atom stereocenters. The first-order valence-electron chi connectivity index (χ1n) is 3.86. The third kappa shape index (κ3) is 1.09. The molecule has 1 aromatic carbocycles. The number of benzene rings is 1. The minimum Gasteiger partial charge on any atom is -0.397 e. The maximum Gasteiger partial charge on any atom is 0.101 e. The number of hydrogen-bond donors (Lipinski definition) is 1. The highest BCUT2D eigenvalue weighted by Gasteiger charge is 2.02. The van der Waals surface area contributed by atoms with Crippen LogP contribution in [0.2, 0.25) is 0 Å². The zero-order valence-electron chi connectivity index (χ0n) is 6.86. The van der Waals surface area contributed by atoms with E-state index in [1.54, 1.807) is 24.4 Å². The number of nitrogens with zero attached hydrogens (tertiary/aromatic N) is 2. The van der Waals surface area contributed by atoms with Gasteiger partial charge in [-0.1, -0.05) is 0 Å². The summed E-state index contributed by atoms with van der Waals surface area (Å²) in [6.07, 6.45) is 1.70. The van der Waals surface area contributed by atoms with Gasteiger partial charge in [-0.2, -0.15) is 5.26 Å². The van der Waals surface area contributed by atoms with Crippen molar-refractivity contribution in [1.29, 1.82) is 5.26 Å². The Morgan fingerprint density at radius 2 is 2.15 bits per heavy atom. The van der Waals surface area contributed by atoms with E-state index in [0.29, 0.717) is 11.3 Å². The third-order valence-electron chi connectivity index (χ3n) is 1.95. The van der Waals surface area contributed by atoms with Crippen molar-refractivity contribution in [1.82, 2.24) is 4.98 Å². The lowest BCUT2D eigenvalue weighted by atomic mass is 10.1. The molecule has 0 saturated heterocycles. The quantitative estimate of drug-likeness (QED) is 0.610. The smallest absolute Gasteiger partial charge is 0.101 e. The van der Waals surface area contributed by atoms with Crippen molar-refractivity contribution < 1.29 is 0 Å². The normalized spacial score (nSPS) is 9.77. The zero-order chi connectivity index (χ0) is 9.26. The predicted molar refractivity (Wildman–Crippen MR) is 50.9 cm³/mol. The number of hydrogen-bond acceptors (Lipinski definition) is 3. The van der Waals surface area contributed by atoms with Gasteiger partial charge in [0, 0.05) is 11.6 Å². The summed E-state index contributed by atoms with van der Waals surface area (Å²) in [5.41, 5.74) is 7.59. The molecule has 3 heteroatoms. The molecule has 0 aliphatic heterocycles. The van der Waals surface area contributed by atoms with Gasteiger partial charge in [0.05, 0.1) is 16.8 Å². The molecular formula is C10H7N3. The van der Waals surface area contributed by atoms with E-state index in [1.165, 1.54) is 0 Å². The van der Waals surface area contributed by atoms with E-state index in [1.807, 2.05) is 12.1 Å². The molecule has 0 spiro atoms. The van der Waals surface area contributed by atoms with Crippen LogP contribution in [0.4, 0.5) is 5.69 Å². The van der Waals surface area contributed by atoms with Crippen LogP contribution in [-0.2, 0) is 0 Å². The predicted octanol–water partition coefficient (Wildman–Crippen LogP) is 1.69. The van der Waals surface area contributed by atoms with Gasteiger partial charge >= 0.3 is 0 Å². The summed E-state index contributed by atoms with van der Waals surface area (Å²) in [7, 11) is 0. The van der Waals surface area contributed by atoms with E-state index in [9.17, 15) is 0 Å². The van der Waals surface area contributed by atoms with Crippen LogP contribution in [-0.4, -0.2) is 4.98 Å². The van der Waals surface area contributed by atoms with E-state index >= 15 is 0 Å². The lowest BCUT2D eigenvalue weighted by molar-refractivity contribution is 1.41. The standard InChI is InChI=1S/C10H7N3/c11-6-7-3-4-9-8(10(7)12)2-1-5-13-9/h1-5H,12H2. The molecule has 0 aliphatic carbocycles. The summed E-state index contributed by atoms with van der Waals surface area (Å²) in [6, 6.07) is 9.18. The lowest BCUT2D eigenvalue weighted by Crippen LogP contribution is -1.92. The number of aromatic nitrogens is 1. The maximum absolute atomic E-state index is 8.73. The molecule has 0 saturated carbocycles. The fourth-order valence-corrected chi connectivity index (χ4v) is 1.27. The van der Waals surface area contributed by atoms with Gasteiger partial charge in [0.2, 0.25) is 0 Å². The van der Waals surface area contributed by atoms with Gasteiger partial charge in [-0.3, -0.25) is 4.98 Å². The average Bonchev–Trinajstić information content (AvgIpc) is 2.19. The number of fused-ring (bicyclic) bond motifs is 1.